The van der Waals surface area contributed by atoms with Gasteiger partial charge in [0, 0.05) is 37.3 Å². The highest BCUT2D eigenvalue weighted by molar-refractivity contribution is 6.31. The van der Waals surface area contributed by atoms with Crippen LogP contribution in [-0.4, -0.2) is 52.7 Å². The van der Waals surface area contributed by atoms with E-state index >= 15 is 0 Å². The maximum atomic E-state index is 13.3. The molecule has 1 saturated heterocycles. The Hall–Kier alpha value is -2.71. The molecular weight excluding hydrogens is 430 g/mol. The predicted molar refractivity (Wildman–Crippen MR) is 115 cm³/mol. The lowest BCUT2D eigenvalue weighted by Crippen LogP contribution is -2.53. The maximum absolute atomic E-state index is 13.3. The SMILES string of the molecule is COc1cnc(Cl)c(N2CCN(c3nc(Cl)cc(-c4ccc(F)cc4)n3)[C@H](C)C2)n1. The monoisotopic (exact) mass is 448 g/mol. The third-order valence-corrected chi connectivity index (χ3v) is 5.37. The van der Waals surface area contributed by atoms with Gasteiger partial charge in [0.05, 0.1) is 19.0 Å². The summed E-state index contributed by atoms with van der Waals surface area (Å²) in [6.45, 7) is 3.99. The number of anilines is 2. The van der Waals surface area contributed by atoms with E-state index in [1.165, 1.54) is 25.4 Å². The molecule has 0 radical (unpaired) electrons. The van der Waals surface area contributed by atoms with Crippen LogP contribution in [0.25, 0.3) is 11.3 Å². The molecule has 0 N–H and O–H groups in total. The quantitative estimate of drug-likeness (QED) is 0.556. The molecule has 0 amide bonds. The number of ether oxygens (including phenoxy) is 1. The summed E-state index contributed by atoms with van der Waals surface area (Å²) in [5, 5.41) is 0.657. The predicted octanol–water partition coefficient (Wildman–Crippen LogP) is 4.10. The number of rotatable bonds is 4. The van der Waals surface area contributed by atoms with Gasteiger partial charge in [0.2, 0.25) is 11.8 Å². The topological polar surface area (TPSA) is 67.3 Å². The molecule has 1 aliphatic heterocycles. The van der Waals surface area contributed by atoms with E-state index in [1.54, 1.807) is 18.2 Å². The molecule has 10 heteroatoms. The lowest BCUT2D eigenvalue weighted by Gasteiger charge is -2.40. The first-order chi connectivity index (χ1) is 14.4. The summed E-state index contributed by atoms with van der Waals surface area (Å²) >= 11 is 12.5. The van der Waals surface area contributed by atoms with Crippen molar-refractivity contribution in [3.63, 3.8) is 0 Å². The first-order valence-electron chi connectivity index (χ1n) is 9.33. The molecule has 156 valence electrons. The molecular formula is C20H19Cl2FN6O. The molecule has 4 rings (SSSR count). The lowest BCUT2D eigenvalue weighted by atomic mass is 10.1. The van der Waals surface area contributed by atoms with Crippen LogP contribution in [0.15, 0.2) is 36.5 Å². The fourth-order valence-electron chi connectivity index (χ4n) is 3.40. The van der Waals surface area contributed by atoms with Gasteiger partial charge in [-0.3, -0.25) is 0 Å². The first-order valence-corrected chi connectivity index (χ1v) is 10.1. The van der Waals surface area contributed by atoms with Gasteiger partial charge < -0.3 is 14.5 Å². The van der Waals surface area contributed by atoms with Gasteiger partial charge in [-0.25, -0.2) is 19.3 Å². The maximum Gasteiger partial charge on any atom is 0.234 e. The average molecular weight is 449 g/mol. The third kappa shape index (κ3) is 4.24. The second kappa shape index (κ2) is 8.57. The largest absolute Gasteiger partial charge is 0.480 e. The lowest BCUT2D eigenvalue weighted by molar-refractivity contribution is 0.395. The summed E-state index contributed by atoms with van der Waals surface area (Å²) in [7, 11) is 1.54. The molecule has 1 atom stereocenters. The summed E-state index contributed by atoms with van der Waals surface area (Å²) < 4.78 is 18.4. The van der Waals surface area contributed by atoms with Crippen molar-refractivity contribution >= 4 is 35.0 Å². The Morgan fingerprint density at radius 1 is 1.10 bits per heavy atom. The Kier molecular flexibility index (Phi) is 5.87. The molecule has 0 saturated carbocycles. The molecule has 2 aromatic heterocycles. The summed E-state index contributed by atoms with van der Waals surface area (Å²) in [5.74, 6) is 1.22. The van der Waals surface area contributed by atoms with E-state index in [0.29, 0.717) is 53.3 Å². The number of hydrogen-bond donors (Lipinski definition) is 0. The molecule has 1 aliphatic rings. The summed E-state index contributed by atoms with van der Waals surface area (Å²) in [4.78, 5) is 21.8. The van der Waals surface area contributed by atoms with Crippen LogP contribution in [0.1, 0.15) is 6.92 Å². The highest BCUT2D eigenvalue weighted by Gasteiger charge is 2.28. The van der Waals surface area contributed by atoms with Gasteiger partial charge in [-0.1, -0.05) is 23.2 Å². The van der Waals surface area contributed by atoms with Crippen molar-refractivity contribution in [2.45, 2.75) is 13.0 Å². The number of aromatic nitrogens is 4. The second-order valence-electron chi connectivity index (χ2n) is 6.90. The normalized spacial score (nSPS) is 16.6. The standard InChI is InChI=1S/C20H19Cl2FN6O/c1-12-11-28(19-18(22)24-10-17(27-19)30-2)7-8-29(12)20-25-15(9-16(21)26-20)13-3-5-14(23)6-4-13/h3-6,9-10,12H,7-8,11H2,1-2H3/t12-/m1/s1. The summed E-state index contributed by atoms with van der Waals surface area (Å²) in [6.07, 6.45) is 1.49. The van der Waals surface area contributed by atoms with Gasteiger partial charge in [0.25, 0.3) is 0 Å². The number of hydrogen-bond acceptors (Lipinski definition) is 7. The van der Waals surface area contributed by atoms with Crippen molar-refractivity contribution in [1.82, 2.24) is 19.9 Å². The molecule has 1 aromatic carbocycles. The van der Waals surface area contributed by atoms with Crippen molar-refractivity contribution in [1.29, 1.82) is 0 Å². The molecule has 0 aliphatic carbocycles. The number of methoxy groups -OCH3 is 1. The van der Waals surface area contributed by atoms with Gasteiger partial charge >= 0.3 is 0 Å². The Labute approximate surface area is 183 Å². The van der Waals surface area contributed by atoms with Crippen molar-refractivity contribution < 1.29 is 9.13 Å². The molecule has 1 fully saturated rings. The Bertz CT molecular complexity index is 1050. The van der Waals surface area contributed by atoms with Crippen LogP contribution in [0.3, 0.4) is 0 Å². The third-order valence-electron chi connectivity index (χ3n) is 4.91. The van der Waals surface area contributed by atoms with Crippen molar-refractivity contribution in [3.8, 4) is 17.1 Å². The van der Waals surface area contributed by atoms with E-state index < -0.39 is 0 Å². The Balaban J connectivity index is 1.57. The van der Waals surface area contributed by atoms with Gasteiger partial charge in [-0.2, -0.15) is 4.98 Å². The molecule has 3 heterocycles. The number of nitrogens with zero attached hydrogens (tertiary/aromatic N) is 6. The minimum atomic E-state index is -0.303. The highest BCUT2D eigenvalue weighted by Crippen LogP contribution is 2.29. The first kappa shape index (κ1) is 20.6. The van der Waals surface area contributed by atoms with Gasteiger partial charge in [-0.05, 0) is 31.2 Å². The summed E-state index contributed by atoms with van der Waals surface area (Å²) in [5.41, 5.74) is 1.41. The zero-order chi connectivity index (χ0) is 21.3. The van der Waals surface area contributed by atoms with E-state index in [2.05, 4.69) is 36.7 Å². The fraction of sp³-hybridized carbons (Fsp3) is 0.300. The molecule has 0 unspecified atom stereocenters. The Morgan fingerprint density at radius 3 is 2.57 bits per heavy atom. The molecule has 30 heavy (non-hydrogen) atoms. The van der Waals surface area contributed by atoms with Gasteiger partial charge in [0.1, 0.15) is 11.0 Å². The van der Waals surface area contributed by atoms with Crippen LogP contribution >= 0.6 is 23.2 Å². The Morgan fingerprint density at radius 2 is 1.87 bits per heavy atom. The second-order valence-corrected chi connectivity index (χ2v) is 7.64. The van der Waals surface area contributed by atoms with Crippen LogP contribution < -0.4 is 14.5 Å². The van der Waals surface area contributed by atoms with Crippen LogP contribution in [0.4, 0.5) is 16.2 Å². The molecule has 7 nitrogen and oxygen atoms in total. The number of benzene rings is 1. The van der Waals surface area contributed by atoms with Crippen LogP contribution in [0.2, 0.25) is 10.3 Å². The van der Waals surface area contributed by atoms with Crippen molar-refractivity contribution in [3.05, 3.63) is 52.7 Å². The van der Waals surface area contributed by atoms with E-state index in [9.17, 15) is 4.39 Å². The minimum absolute atomic E-state index is 0.0577. The van der Waals surface area contributed by atoms with Gasteiger partial charge in [0.15, 0.2) is 11.0 Å². The molecule has 0 bridgehead atoms. The van der Waals surface area contributed by atoms with E-state index in [0.717, 1.165) is 5.56 Å². The molecule has 0 spiro atoms. The highest BCUT2D eigenvalue weighted by atomic mass is 35.5. The van der Waals surface area contributed by atoms with Crippen LogP contribution in [0.5, 0.6) is 5.88 Å². The average Bonchev–Trinajstić information content (AvgIpc) is 2.74. The van der Waals surface area contributed by atoms with Crippen molar-refractivity contribution in [2.24, 2.45) is 0 Å². The zero-order valence-corrected chi connectivity index (χ0v) is 17.9. The van der Waals surface area contributed by atoms with Crippen molar-refractivity contribution in [2.75, 3.05) is 36.5 Å². The smallest absolute Gasteiger partial charge is 0.234 e. The van der Waals surface area contributed by atoms with E-state index in [1.807, 2.05) is 0 Å². The number of halogens is 3. The minimum Gasteiger partial charge on any atom is -0.480 e. The van der Waals surface area contributed by atoms with Gasteiger partial charge in [-0.15, -0.1) is 0 Å². The molecule has 3 aromatic rings. The van der Waals surface area contributed by atoms with E-state index in [-0.39, 0.29) is 11.9 Å². The summed E-state index contributed by atoms with van der Waals surface area (Å²) in [6, 6.07) is 7.86. The van der Waals surface area contributed by atoms with Crippen LogP contribution in [0, 0.1) is 5.82 Å². The zero-order valence-electron chi connectivity index (χ0n) is 16.4. The number of piperazine rings is 1. The van der Waals surface area contributed by atoms with Crippen LogP contribution in [-0.2, 0) is 0 Å². The van der Waals surface area contributed by atoms with E-state index in [4.69, 9.17) is 27.9 Å². The fourth-order valence-corrected chi connectivity index (χ4v) is 3.79.